The van der Waals surface area contributed by atoms with Crippen molar-refractivity contribution in [3.8, 4) is 0 Å². The Hall–Kier alpha value is -0.340. The number of nitrogens with one attached hydrogen (secondary N) is 1. The molecule has 0 fully saturated rings. The summed E-state index contributed by atoms with van der Waals surface area (Å²) in [5.74, 6) is 0. The van der Waals surface area contributed by atoms with Gasteiger partial charge in [0, 0.05) is 0 Å². The molecule has 0 atom stereocenters. The van der Waals surface area contributed by atoms with Gasteiger partial charge >= 0.3 is 0 Å². The molecule has 0 aromatic rings. The van der Waals surface area contributed by atoms with Gasteiger partial charge in [-0.15, -0.1) is 6.58 Å². The van der Waals surface area contributed by atoms with E-state index < -0.39 is 0 Å². The van der Waals surface area contributed by atoms with E-state index in [1.54, 1.807) is 0 Å². The maximum Gasteiger partial charge on any atom is -0.00369 e. The quantitative estimate of drug-likeness (QED) is 0.410. The van der Waals surface area contributed by atoms with Crippen LogP contribution in [0.15, 0.2) is 12.7 Å². The van der Waals surface area contributed by atoms with Gasteiger partial charge in [0.15, 0.2) is 0 Å². The zero-order valence-electron chi connectivity index (χ0n) is 7.31. The highest BCUT2D eigenvalue weighted by molar-refractivity contribution is 4.65. The van der Waals surface area contributed by atoms with Gasteiger partial charge in [0.1, 0.15) is 0 Å². The first kappa shape index (κ1) is 10.7. The summed E-state index contributed by atoms with van der Waals surface area (Å²) in [5.41, 5.74) is 5.34. The standard InChI is InChI=1S/C9H20N2/c1-2-3-4-5-8-11-9-6-7-10/h2,11H,1,3-10H2. The summed E-state index contributed by atoms with van der Waals surface area (Å²) in [5, 5.41) is 3.33. The molecule has 0 saturated heterocycles. The molecule has 3 N–H and O–H groups in total. The molecule has 2 heteroatoms. The van der Waals surface area contributed by atoms with Crippen LogP contribution in [0, 0.1) is 0 Å². The van der Waals surface area contributed by atoms with Crippen molar-refractivity contribution in [3.63, 3.8) is 0 Å². The van der Waals surface area contributed by atoms with Crippen LogP contribution in [0.25, 0.3) is 0 Å². The first-order valence-corrected chi connectivity index (χ1v) is 4.43. The van der Waals surface area contributed by atoms with E-state index in [1.165, 1.54) is 12.8 Å². The number of rotatable bonds is 8. The molecule has 0 aliphatic heterocycles. The van der Waals surface area contributed by atoms with Crippen molar-refractivity contribution in [3.05, 3.63) is 12.7 Å². The van der Waals surface area contributed by atoms with Crippen molar-refractivity contribution in [1.82, 2.24) is 5.32 Å². The minimum absolute atomic E-state index is 0.791. The lowest BCUT2D eigenvalue weighted by molar-refractivity contribution is 0.610. The lowest BCUT2D eigenvalue weighted by Gasteiger charge is -2.01. The molecule has 0 amide bonds. The second-order valence-electron chi connectivity index (χ2n) is 2.68. The van der Waals surface area contributed by atoms with Crippen LogP contribution in [0.5, 0.6) is 0 Å². The Kier molecular flexibility index (Phi) is 9.36. The molecule has 2 nitrogen and oxygen atoms in total. The molecular weight excluding hydrogens is 136 g/mol. The van der Waals surface area contributed by atoms with Gasteiger partial charge in [-0.3, -0.25) is 0 Å². The molecular formula is C9H20N2. The first-order chi connectivity index (χ1) is 5.41. The van der Waals surface area contributed by atoms with Crippen LogP contribution in [0.1, 0.15) is 25.7 Å². The van der Waals surface area contributed by atoms with E-state index in [1.807, 2.05) is 6.08 Å². The number of hydrogen-bond acceptors (Lipinski definition) is 2. The zero-order valence-corrected chi connectivity index (χ0v) is 7.31. The SMILES string of the molecule is C=CCCCCNCCCN. The van der Waals surface area contributed by atoms with E-state index >= 15 is 0 Å². The zero-order chi connectivity index (χ0) is 8.36. The summed E-state index contributed by atoms with van der Waals surface area (Å²) in [6, 6.07) is 0. The molecule has 0 spiro atoms. The number of hydrogen-bond donors (Lipinski definition) is 2. The summed E-state index contributed by atoms with van der Waals surface area (Å²) < 4.78 is 0. The average Bonchev–Trinajstić information content (AvgIpc) is 2.03. The predicted octanol–water partition coefficient (Wildman–Crippen LogP) is 1.28. The molecule has 0 heterocycles. The minimum Gasteiger partial charge on any atom is -0.330 e. The maximum absolute atomic E-state index is 5.34. The summed E-state index contributed by atoms with van der Waals surface area (Å²) in [6.07, 6.45) is 6.69. The van der Waals surface area contributed by atoms with Gasteiger partial charge in [-0.2, -0.15) is 0 Å². The molecule has 0 radical (unpaired) electrons. The third kappa shape index (κ3) is 9.66. The summed E-state index contributed by atoms with van der Waals surface area (Å²) >= 11 is 0. The summed E-state index contributed by atoms with van der Waals surface area (Å²) in [4.78, 5) is 0. The molecule has 0 aliphatic rings. The maximum atomic E-state index is 5.34. The second kappa shape index (κ2) is 9.66. The smallest absolute Gasteiger partial charge is 0.00369 e. The van der Waals surface area contributed by atoms with Crippen LogP contribution in [0.2, 0.25) is 0 Å². The molecule has 0 aromatic carbocycles. The van der Waals surface area contributed by atoms with Gasteiger partial charge in [-0.25, -0.2) is 0 Å². The van der Waals surface area contributed by atoms with E-state index in [2.05, 4.69) is 11.9 Å². The summed E-state index contributed by atoms with van der Waals surface area (Å²) in [6.45, 7) is 6.64. The van der Waals surface area contributed by atoms with Crippen molar-refractivity contribution in [2.75, 3.05) is 19.6 Å². The molecule has 0 rings (SSSR count). The first-order valence-electron chi connectivity index (χ1n) is 4.43. The third-order valence-electron chi connectivity index (χ3n) is 1.57. The Balaban J connectivity index is 2.74. The number of allylic oxidation sites excluding steroid dienone is 1. The molecule has 0 aromatic heterocycles. The van der Waals surface area contributed by atoms with Crippen molar-refractivity contribution in [2.45, 2.75) is 25.7 Å². The van der Waals surface area contributed by atoms with Crippen LogP contribution < -0.4 is 11.1 Å². The van der Waals surface area contributed by atoms with E-state index in [-0.39, 0.29) is 0 Å². The molecule has 0 saturated carbocycles. The third-order valence-corrected chi connectivity index (χ3v) is 1.57. The van der Waals surface area contributed by atoms with Crippen molar-refractivity contribution in [2.24, 2.45) is 5.73 Å². The van der Waals surface area contributed by atoms with Crippen LogP contribution in [-0.4, -0.2) is 19.6 Å². The fourth-order valence-corrected chi connectivity index (χ4v) is 0.891. The van der Waals surface area contributed by atoms with Crippen LogP contribution in [0.4, 0.5) is 0 Å². The van der Waals surface area contributed by atoms with Crippen molar-refractivity contribution < 1.29 is 0 Å². The normalized spacial score (nSPS) is 9.91. The van der Waals surface area contributed by atoms with Gasteiger partial charge in [0.2, 0.25) is 0 Å². The van der Waals surface area contributed by atoms with Gasteiger partial charge in [0.25, 0.3) is 0 Å². The fourth-order valence-electron chi connectivity index (χ4n) is 0.891. The Morgan fingerprint density at radius 3 is 2.55 bits per heavy atom. The molecule has 0 aliphatic carbocycles. The van der Waals surface area contributed by atoms with Crippen molar-refractivity contribution >= 4 is 0 Å². The topological polar surface area (TPSA) is 38.0 Å². The highest BCUT2D eigenvalue weighted by Gasteiger charge is 1.86. The molecule has 0 unspecified atom stereocenters. The predicted molar refractivity (Wildman–Crippen MR) is 50.6 cm³/mol. The van der Waals surface area contributed by atoms with Gasteiger partial charge in [0.05, 0.1) is 0 Å². The van der Waals surface area contributed by atoms with Crippen LogP contribution in [-0.2, 0) is 0 Å². The molecule has 11 heavy (non-hydrogen) atoms. The van der Waals surface area contributed by atoms with Gasteiger partial charge < -0.3 is 11.1 Å². The second-order valence-corrected chi connectivity index (χ2v) is 2.68. The highest BCUT2D eigenvalue weighted by atomic mass is 14.8. The Morgan fingerprint density at radius 1 is 1.18 bits per heavy atom. The molecule has 0 bridgehead atoms. The Bertz CT molecular complexity index is 81.6. The number of unbranched alkanes of at least 4 members (excludes halogenated alkanes) is 2. The van der Waals surface area contributed by atoms with E-state index in [9.17, 15) is 0 Å². The van der Waals surface area contributed by atoms with E-state index in [0.29, 0.717) is 0 Å². The van der Waals surface area contributed by atoms with Crippen LogP contribution in [0.3, 0.4) is 0 Å². The number of nitrogens with two attached hydrogens (primary N) is 1. The monoisotopic (exact) mass is 156 g/mol. The van der Waals surface area contributed by atoms with Crippen molar-refractivity contribution in [1.29, 1.82) is 0 Å². The minimum atomic E-state index is 0.791. The Labute approximate surface area is 69.9 Å². The fraction of sp³-hybridized carbons (Fsp3) is 0.778. The largest absolute Gasteiger partial charge is 0.330 e. The van der Waals surface area contributed by atoms with E-state index in [4.69, 9.17) is 5.73 Å². The van der Waals surface area contributed by atoms with Gasteiger partial charge in [-0.1, -0.05) is 6.08 Å². The lowest BCUT2D eigenvalue weighted by atomic mass is 10.2. The average molecular weight is 156 g/mol. The molecule has 66 valence electrons. The van der Waals surface area contributed by atoms with Gasteiger partial charge in [-0.05, 0) is 45.3 Å². The van der Waals surface area contributed by atoms with Crippen LogP contribution >= 0.6 is 0 Å². The highest BCUT2D eigenvalue weighted by Crippen LogP contribution is 1.93. The Morgan fingerprint density at radius 2 is 1.91 bits per heavy atom. The lowest BCUT2D eigenvalue weighted by Crippen LogP contribution is -2.19. The van der Waals surface area contributed by atoms with E-state index in [0.717, 1.165) is 32.5 Å². The summed E-state index contributed by atoms with van der Waals surface area (Å²) in [7, 11) is 0.